The minimum absolute atomic E-state index is 0.546. The van der Waals surface area contributed by atoms with Gasteiger partial charge in [-0.2, -0.15) is 0 Å². The standard InChI is InChI=1S/C10H15BrN2/c1-2-9-12-5-6-13(9)8-10(7-11)3-4-10/h5-6H,2-4,7-8H2,1H3. The maximum atomic E-state index is 4.33. The zero-order valence-electron chi connectivity index (χ0n) is 7.96. The molecule has 1 aliphatic carbocycles. The molecule has 1 saturated carbocycles. The molecule has 0 saturated heterocycles. The van der Waals surface area contributed by atoms with Gasteiger partial charge in [-0.25, -0.2) is 4.98 Å². The molecule has 3 heteroatoms. The van der Waals surface area contributed by atoms with Crippen LogP contribution in [0.15, 0.2) is 12.4 Å². The van der Waals surface area contributed by atoms with Crippen molar-refractivity contribution in [1.82, 2.24) is 9.55 Å². The Kier molecular flexibility index (Phi) is 2.45. The molecule has 0 aliphatic heterocycles. The lowest BCUT2D eigenvalue weighted by atomic mass is 10.1. The van der Waals surface area contributed by atoms with Gasteiger partial charge in [-0.1, -0.05) is 22.9 Å². The average Bonchev–Trinajstić information content (AvgIpc) is 2.78. The third-order valence-corrected chi connectivity index (χ3v) is 4.05. The van der Waals surface area contributed by atoms with E-state index in [4.69, 9.17) is 0 Å². The van der Waals surface area contributed by atoms with Crippen LogP contribution in [-0.2, 0) is 13.0 Å². The van der Waals surface area contributed by atoms with Crippen LogP contribution in [0.5, 0.6) is 0 Å². The van der Waals surface area contributed by atoms with Gasteiger partial charge in [0, 0.05) is 30.7 Å². The molecule has 0 radical (unpaired) electrons. The summed E-state index contributed by atoms with van der Waals surface area (Å²) < 4.78 is 2.30. The molecular weight excluding hydrogens is 228 g/mol. The Bertz CT molecular complexity index is 289. The highest BCUT2D eigenvalue weighted by molar-refractivity contribution is 9.09. The molecule has 0 atom stereocenters. The SMILES string of the molecule is CCc1nccn1CC1(CBr)CC1. The van der Waals surface area contributed by atoms with Crippen LogP contribution in [0.2, 0.25) is 0 Å². The molecule has 0 unspecified atom stereocenters. The molecule has 1 aromatic heterocycles. The molecule has 1 aliphatic rings. The fourth-order valence-corrected chi connectivity index (χ4v) is 2.41. The molecule has 72 valence electrons. The number of imidazole rings is 1. The Morgan fingerprint density at radius 3 is 2.92 bits per heavy atom. The lowest BCUT2D eigenvalue weighted by Crippen LogP contribution is -2.14. The molecule has 13 heavy (non-hydrogen) atoms. The van der Waals surface area contributed by atoms with Gasteiger partial charge >= 0.3 is 0 Å². The zero-order valence-corrected chi connectivity index (χ0v) is 9.55. The summed E-state index contributed by atoms with van der Waals surface area (Å²) in [7, 11) is 0. The van der Waals surface area contributed by atoms with Crippen LogP contribution in [0.25, 0.3) is 0 Å². The van der Waals surface area contributed by atoms with E-state index in [2.05, 4.69) is 38.6 Å². The van der Waals surface area contributed by atoms with E-state index in [1.807, 2.05) is 6.20 Å². The van der Waals surface area contributed by atoms with Crippen molar-refractivity contribution < 1.29 is 0 Å². The maximum absolute atomic E-state index is 4.33. The highest BCUT2D eigenvalue weighted by atomic mass is 79.9. The van der Waals surface area contributed by atoms with Crippen molar-refractivity contribution in [1.29, 1.82) is 0 Å². The lowest BCUT2D eigenvalue weighted by Gasteiger charge is -2.13. The summed E-state index contributed by atoms with van der Waals surface area (Å²) in [6, 6.07) is 0. The van der Waals surface area contributed by atoms with Gasteiger partial charge in [0.25, 0.3) is 0 Å². The van der Waals surface area contributed by atoms with Crippen molar-refractivity contribution in [3.63, 3.8) is 0 Å². The Hall–Kier alpha value is -0.310. The number of halogens is 1. The number of nitrogens with zero attached hydrogens (tertiary/aromatic N) is 2. The number of aryl methyl sites for hydroxylation is 1. The predicted octanol–water partition coefficient (Wildman–Crippen LogP) is 2.62. The summed E-state index contributed by atoms with van der Waals surface area (Å²) in [5, 5.41) is 1.13. The molecular formula is C10H15BrN2. The molecule has 1 aromatic rings. The van der Waals surface area contributed by atoms with Crippen LogP contribution in [-0.4, -0.2) is 14.9 Å². The molecule has 1 fully saturated rings. The number of alkyl halides is 1. The summed E-state index contributed by atoms with van der Waals surface area (Å²) in [6.45, 7) is 3.30. The van der Waals surface area contributed by atoms with Crippen LogP contribution in [0, 0.1) is 5.41 Å². The lowest BCUT2D eigenvalue weighted by molar-refractivity contribution is 0.464. The van der Waals surface area contributed by atoms with Crippen molar-refractivity contribution in [3.8, 4) is 0 Å². The maximum Gasteiger partial charge on any atom is 0.108 e. The molecule has 0 amide bonds. The van der Waals surface area contributed by atoms with Crippen molar-refractivity contribution in [3.05, 3.63) is 18.2 Å². The Morgan fingerprint density at radius 2 is 2.38 bits per heavy atom. The van der Waals surface area contributed by atoms with Gasteiger partial charge < -0.3 is 4.57 Å². The van der Waals surface area contributed by atoms with E-state index in [9.17, 15) is 0 Å². The quantitative estimate of drug-likeness (QED) is 0.743. The van der Waals surface area contributed by atoms with Crippen LogP contribution in [0.4, 0.5) is 0 Å². The smallest absolute Gasteiger partial charge is 0.108 e. The van der Waals surface area contributed by atoms with Gasteiger partial charge in [-0.15, -0.1) is 0 Å². The van der Waals surface area contributed by atoms with Gasteiger partial charge in [-0.3, -0.25) is 0 Å². The molecule has 0 bridgehead atoms. The van der Waals surface area contributed by atoms with Crippen molar-refractivity contribution in [2.45, 2.75) is 32.7 Å². The second-order valence-electron chi connectivity index (χ2n) is 3.96. The van der Waals surface area contributed by atoms with Gasteiger partial charge in [0.15, 0.2) is 0 Å². The zero-order chi connectivity index (χ0) is 9.31. The number of aromatic nitrogens is 2. The Morgan fingerprint density at radius 1 is 1.62 bits per heavy atom. The first kappa shape index (κ1) is 9.25. The van der Waals surface area contributed by atoms with Gasteiger partial charge in [0.1, 0.15) is 5.82 Å². The van der Waals surface area contributed by atoms with Crippen molar-refractivity contribution >= 4 is 15.9 Å². The van der Waals surface area contributed by atoms with Crippen molar-refractivity contribution in [2.75, 3.05) is 5.33 Å². The monoisotopic (exact) mass is 242 g/mol. The fourth-order valence-electron chi connectivity index (χ4n) is 1.67. The van der Waals surface area contributed by atoms with E-state index < -0.39 is 0 Å². The first-order valence-electron chi connectivity index (χ1n) is 4.86. The highest BCUT2D eigenvalue weighted by Gasteiger charge is 2.41. The topological polar surface area (TPSA) is 17.8 Å². The fraction of sp³-hybridized carbons (Fsp3) is 0.700. The highest BCUT2D eigenvalue weighted by Crippen LogP contribution is 2.48. The predicted molar refractivity (Wildman–Crippen MR) is 57.1 cm³/mol. The van der Waals surface area contributed by atoms with Crippen LogP contribution in [0.3, 0.4) is 0 Å². The van der Waals surface area contributed by atoms with Gasteiger partial charge in [0.2, 0.25) is 0 Å². The largest absolute Gasteiger partial charge is 0.334 e. The minimum atomic E-state index is 0.546. The normalized spacial score (nSPS) is 18.9. The first-order chi connectivity index (χ1) is 6.29. The molecule has 0 spiro atoms. The molecule has 0 N–H and O–H groups in total. The second-order valence-corrected chi connectivity index (χ2v) is 4.52. The third-order valence-electron chi connectivity index (χ3n) is 2.86. The summed E-state index contributed by atoms with van der Waals surface area (Å²) in [5.41, 5.74) is 0.546. The summed E-state index contributed by atoms with van der Waals surface area (Å²) in [4.78, 5) is 4.33. The van der Waals surface area contributed by atoms with Gasteiger partial charge in [-0.05, 0) is 18.3 Å². The van der Waals surface area contributed by atoms with E-state index in [-0.39, 0.29) is 0 Å². The Balaban J connectivity index is 2.09. The van der Waals surface area contributed by atoms with Crippen LogP contribution < -0.4 is 0 Å². The summed E-state index contributed by atoms with van der Waals surface area (Å²) in [5.74, 6) is 1.22. The van der Waals surface area contributed by atoms with Crippen LogP contribution in [0.1, 0.15) is 25.6 Å². The van der Waals surface area contributed by atoms with E-state index >= 15 is 0 Å². The van der Waals surface area contributed by atoms with E-state index in [1.165, 1.54) is 18.7 Å². The Labute approximate surface area is 87.5 Å². The molecule has 1 heterocycles. The average molecular weight is 243 g/mol. The summed E-state index contributed by atoms with van der Waals surface area (Å²) >= 11 is 3.59. The van der Waals surface area contributed by atoms with E-state index in [1.54, 1.807) is 0 Å². The number of hydrogen-bond donors (Lipinski definition) is 0. The first-order valence-corrected chi connectivity index (χ1v) is 5.98. The van der Waals surface area contributed by atoms with Gasteiger partial charge in [0.05, 0.1) is 0 Å². The molecule has 2 nitrogen and oxygen atoms in total. The molecule has 0 aromatic carbocycles. The van der Waals surface area contributed by atoms with E-state index in [0.29, 0.717) is 5.41 Å². The second kappa shape index (κ2) is 3.45. The molecule has 2 rings (SSSR count). The van der Waals surface area contributed by atoms with Crippen LogP contribution >= 0.6 is 15.9 Å². The summed E-state index contributed by atoms with van der Waals surface area (Å²) in [6.07, 6.45) is 7.76. The van der Waals surface area contributed by atoms with E-state index in [0.717, 1.165) is 18.3 Å². The van der Waals surface area contributed by atoms with Crippen molar-refractivity contribution in [2.24, 2.45) is 5.41 Å². The minimum Gasteiger partial charge on any atom is -0.334 e. The number of hydrogen-bond acceptors (Lipinski definition) is 1. The number of rotatable bonds is 4. The third kappa shape index (κ3) is 1.80.